The predicted molar refractivity (Wildman–Crippen MR) is 134 cm³/mol. The SMILES string of the molecule is C[C@H](c1ccc(C#N)cc1)N1CCN(c2ccc(OCCO)cc2Cl)[C@H](c2c#cc(Cl)cc2)C1. The minimum absolute atomic E-state index is 0.00944. The van der Waals surface area contributed by atoms with Crippen molar-refractivity contribution in [2.75, 3.05) is 37.7 Å². The molecule has 174 valence electrons. The Morgan fingerprint density at radius 3 is 2.56 bits per heavy atom. The van der Waals surface area contributed by atoms with Gasteiger partial charge >= 0.3 is 0 Å². The molecule has 0 unspecified atom stereocenters. The molecule has 34 heavy (non-hydrogen) atoms. The maximum absolute atomic E-state index is 9.10. The number of nitriles is 1. The Morgan fingerprint density at radius 1 is 1.12 bits per heavy atom. The highest BCUT2D eigenvalue weighted by Crippen LogP contribution is 2.38. The molecule has 0 saturated carbocycles. The van der Waals surface area contributed by atoms with E-state index >= 15 is 0 Å². The second-order valence-corrected chi connectivity index (χ2v) is 9.00. The van der Waals surface area contributed by atoms with Crippen molar-refractivity contribution < 1.29 is 9.84 Å². The van der Waals surface area contributed by atoms with Crippen molar-refractivity contribution >= 4 is 28.9 Å². The lowest BCUT2D eigenvalue weighted by molar-refractivity contribution is 0.171. The minimum Gasteiger partial charge on any atom is -0.491 e. The fourth-order valence-electron chi connectivity index (χ4n) is 4.30. The summed E-state index contributed by atoms with van der Waals surface area (Å²) in [4.78, 5) is 4.71. The molecule has 1 saturated heterocycles. The second kappa shape index (κ2) is 11.0. The van der Waals surface area contributed by atoms with Gasteiger partial charge in [0.15, 0.2) is 0 Å². The largest absolute Gasteiger partial charge is 0.491 e. The summed E-state index contributed by atoms with van der Waals surface area (Å²) in [5.74, 6) is 0.624. The highest BCUT2D eigenvalue weighted by atomic mass is 35.5. The molecule has 7 heteroatoms. The molecule has 1 aliphatic heterocycles. The average Bonchev–Trinajstić information content (AvgIpc) is 2.87. The molecule has 5 nitrogen and oxygen atoms in total. The number of benzene rings is 2. The Labute approximate surface area is 210 Å². The Hall–Kier alpha value is -2.93. The van der Waals surface area contributed by atoms with Gasteiger partial charge in [0.25, 0.3) is 0 Å². The minimum atomic E-state index is -0.0519. The van der Waals surface area contributed by atoms with Gasteiger partial charge in [0.1, 0.15) is 12.4 Å². The molecule has 1 aliphatic rings. The first kappa shape index (κ1) is 24.2. The van der Waals surface area contributed by atoms with Gasteiger partial charge in [-0.2, -0.15) is 5.26 Å². The lowest BCUT2D eigenvalue weighted by atomic mass is 9.99. The number of hydrogen-bond acceptors (Lipinski definition) is 5. The quantitative estimate of drug-likeness (QED) is 0.473. The van der Waals surface area contributed by atoms with E-state index in [1.54, 1.807) is 6.07 Å². The van der Waals surface area contributed by atoms with Crippen molar-refractivity contribution in [2.45, 2.75) is 19.0 Å². The van der Waals surface area contributed by atoms with Crippen molar-refractivity contribution in [1.82, 2.24) is 4.90 Å². The van der Waals surface area contributed by atoms with Crippen molar-refractivity contribution in [2.24, 2.45) is 0 Å². The van der Waals surface area contributed by atoms with Crippen LogP contribution in [0.1, 0.15) is 35.7 Å². The third-order valence-electron chi connectivity index (χ3n) is 6.16. The van der Waals surface area contributed by atoms with Crippen LogP contribution in [0.3, 0.4) is 0 Å². The van der Waals surface area contributed by atoms with Gasteiger partial charge in [-0.1, -0.05) is 41.4 Å². The Balaban J connectivity index is 1.61. The lowest BCUT2D eigenvalue weighted by Crippen LogP contribution is -2.49. The zero-order valence-electron chi connectivity index (χ0n) is 18.8. The van der Waals surface area contributed by atoms with Crippen molar-refractivity contribution in [3.63, 3.8) is 0 Å². The topological polar surface area (TPSA) is 59.7 Å². The molecule has 0 bridgehead atoms. The molecule has 4 rings (SSSR count). The fraction of sp³-hybridized carbons (Fsp3) is 0.296. The van der Waals surface area contributed by atoms with Crippen LogP contribution in [0, 0.1) is 23.5 Å². The van der Waals surface area contributed by atoms with Gasteiger partial charge in [-0.25, -0.2) is 0 Å². The summed E-state index contributed by atoms with van der Waals surface area (Å²) in [5.41, 5.74) is 3.72. The van der Waals surface area contributed by atoms with Crippen LogP contribution >= 0.6 is 23.2 Å². The van der Waals surface area contributed by atoms with Gasteiger partial charge in [-0.3, -0.25) is 4.90 Å². The molecule has 0 aromatic heterocycles. The lowest BCUT2D eigenvalue weighted by Gasteiger charge is -2.45. The summed E-state index contributed by atoms with van der Waals surface area (Å²) in [6.45, 7) is 4.72. The maximum atomic E-state index is 9.10. The molecule has 0 aliphatic carbocycles. The van der Waals surface area contributed by atoms with Crippen LogP contribution in [-0.4, -0.2) is 42.9 Å². The van der Waals surface area contributed by atoms with E-state index in [-0.39, 0.29) is 25.3 Å². The molecular formula is C27H25Cl2N3O2. The van der Waals surface area contributed by atoms with Crippen molar-refractivity contribution in [1.29, 1.82) is 5.26 Å². The van der Waals surface area contributed by atoms with E-state index < -0.39 is 0 Å². The number of halogens is 2. The molecule has 3 aromatic carbocycles. The van der Waals surface area contributed by atoms with Gasteiger partial charge in [0, 0.05) is 37.3 Å². The predicted octanol–water partition coefficient (Wildman–Crippen LogP) is 5.46. The molecule has 3 aromatic rings. The molecular weight excluding hydrogens is 469 g/mol. The number of aliphatic hydroxyl groups is 1. The summed E-state index contributed by atoms with van der Waals surface area (Å²) in [7, 11) is 0. The Bertz CT molecular complexity index is 1150. The number of rotatable bonds is 7. The maximum Gasteiger partial charge on any atom is 0.121 e. The summed E-state index contributed by atoms with van der Waals surface area (Å²) in [6, 6.07) is 25.8. The number of piperazine rings is 1. The van der Waals surface area contributed by atoms with Crippen LogP contribution in [0.2, 0.25) is 10.0 Å². The van der Waals surface area contributed by atoms with Crippen LogP contribution in [0.25, 0.3) is 0 Å². The van der Waals surface area contributed by atoms with Crippen LogP contribution in [0.5, 0.6) is 5.75 Å². The van der Waals surface area contributed by atoms with Crippen LogP contribution in [0.4, 0.5) is 5.69 Å². The van der Waals surface area contributed by atoms with Crippen LogP contribution in [0.15, 0.2) is 54.6 Å². The van der Waals surface area contributed by atoms with Gasteiger partial charge in [-0.05, 0) is 55.0 Å². The van der Waals surface area contributed by atoms with Crippen LogP contribution < -0.4 is 9.64 Å². The van der Waals surface area contributed by atoms with E-state index in [1.807, 2.05) is 48.5 Å². The smallest absolute Gasteiger partial charge is 0.121 e. The van der Waals surface area contributed by atoms with E-state index in [2.05, 4.69) is 34.9 Å². The van der Waals surface area contributed by atoms with Gasteiger partial charge in [0.2, 0.25) is 0 Å². The fourth-order valence-corrected chi connectivity index (χ4v) is 4.69. The summed E-state index contributed by atoms with van der Waals surface area (Å²) in [5, 5.41) is 19.2. The highest BCUT2D eigenvalue weighted by molar-refractivity contribution is 6.33. The molecule has 0 radical (unpaired) electrons. The molecule has 1 fully saturated rings. The first-order chi connectivity index (χ1) is 16.5. The summed E-state index contributed by atoms with van der Waals surface area (Å²) in [6.07, 6.45) is 0. The number of aliphatic hydroxyl groups excluding tert-OH is 1. The summed E-state index contributed by atoms with van der Waals surface area (Å²) >= 11 is 12.8. The Kier molecular flexibility index (Phi) is 7.83. The standard InChI is InChI=1S/C27H25Cl2N3O2/c1-19(21-4-2-20(17-30)3-5-21)31-12-13-32(27(18-31)22-6-8-23(28)9-7-22)26-11-10-24(16-25(26)29)34-15-14-33/h2-6,8,10-11,16,19,27,33H,12-15,18H2,1H3/t19-,27+/m1/s1. The number of nitrogens with zero attached hydrogens (tertiary/aromatic N) is 3. The number of ether oxygens (including phenoxy) is 1. The first-order valence-electron chi connectivity index (χ1n) is 11.1. The van der Waals surface area contributed by atoms with E-state index in [9.17, 15) is 0 Å². The molecule has 0 spiro atoms. The van der Waals surface area contributed by atoms with Crippen molar-refractivity contribution in [3.05, 3.63) is 93.5 Å². The van der Waals surface area contributed by atoms with E-state index in [1.165, 1.54) is 5.56 Å². The van der Waals surface area contributed by atoms with Gasteiger partial charge in [0.05, 0.1) is 40.0 Å². The molecule has 1 heterocycles. The third-order valence-corrected chi connectivity index (χ3v) is 6.69. The normalized spacial score (nSPS) is 17.0. The molecule has 0 amide bonds. The first-order valence-corrected chi connectivity index (χ1v) is 11.9. The number of hydrogen-bond donors (Lipinski definition) is 1. The Morgan fingerprint density at radius 2 is 1.91 bits per heavy atom. The van der Waals surface area contributed by atoms with E-state index in [4.69, 9.17) is 38.3 Å². The van der Waals surface area contributed by atoms with Gasteiger partial charge < -0.3 is 14.7 Å². The highest BCUT2D eigenvalue weighted by Gasteiger charge is 2.32. The van der Waals surface area contributed by atoms with Crippen molar-refractivity contribution in [3.8, 4) is 11.8 Å². The number of anilines is 1. The van der Waals surface area contributed by atoms with E-state index in [0.717, 1.165) is 30.9 Å². The van der Waals surface area contributed by atoms with Crippen LogP contribution in [-0.2, 0) is 0 Å². The van der Waals surface area contributed by atoms with E-state index in [0.29, 0.717) is 21.4 Å². The second-order valence-electron chi connectivity index (χ2n) is 8.19. The summed E-state index contributed by atoms with van der Waals surface area (Å²) < 4.78 is 5.51. The zero-order valence-corrected chi connectivity index (χ0v) is 20.4. The average molecular weight is 494 g/mol. The molecule has 2 atom stereocenters. The zero-order chi connectivity index (χ0) is 24.1. The van der Waals surface area contributed by atoms with Gasteiger partial charge in [-0.15, -0.1) is 0 Å². The molecule has 1 N–H and O–H groups in total. The monoisotopic (exact) mass is 493 g/mol. The third kappa shape index (κ3) is 5.41.